The molecule has 3 N–H and O–H groups in total. The van der Waals surface area contributed by atoms with Crippen molar-refractivity contribution >= 4 is 16.7 Å². The van der Waals surface area contributed by atoms with Gasteiger partial charge in [0.15, 0.2) is 0 Å². The smallest absolute Gasteiger partial charge is 0.387 e. The summed E-state index contributed by atoms with van der Waals surface area (Å²) in [6.07, 6.45) is 5.30. The summed E-state index contributed by atoms with van der Waals surface area (Å²) in [5, 5.41) is 20.7. The van der Waals surface area contributed by atoms with E-state index in [-0.39, 0.29) is 24.5 Å². The number of fused-ring (bicyclic) bond motifs is 1. The topological polar surface area (TPSA) is 100 Å². The van der Waals surface area contributed by atoms with E-state index in [1.165, 1.54) is 12.1 Å². The highest BCUT2D eigenvalue weighted by Crippen LogP contribution is 2.25. The molecule has 0 fully saturated rings. The van der Waals surface area contributed by atoms with Gasteiger partial charge in [0.05, 0.1) is 12.2 Å². The summed E-state index contributed by atoms with van der Waals surface area (Å²) in [5.74, 6) is -0.468. The van der Waals surface area contributed by atoms with E-state index in [9.17, 15) is 18.7 Å². The van der Waals surface area contributed by atoms with E-state index in [1.54, 1.807) is 36.8 Å². The fraction of sp³-hybridized carbons (Fsp3) is 0.174. The van der Waals surface area contributed by atoms with Crippen LogP contribution in [0.4, 0.5) is 8.78 Å². The Balaban J connectivity index is 1.58. The Morgan fingerprint density at radius 3 is 2.72 bits per heavy atom. The number of rotatable bonds is 8. The maximum absolute atomic E-state index is 12.9. The van der Waals surface area contributed by atoms with Crippen LogP contribution in [0.25, 0.3) is 21.9 Å². The molecule has 164 valence electrons. The van der Waals surface area contributed by atoms with Crippen molar-refractivity contribution in [2.45, 2.75) is 19.1 Å². The van der Waals surface area contributed by atoms with E-state index in [1.807, 2.05) is 18.2 Å². The van der Waals surface area contributed by atoms with E-state index < -0.39 is 18.6 Å². The molecule has 2 heterocycles. The highest BCUT2D eigenvalue weighted by Gasteiger charge is 2.18. The van der Waals surface area contributed by atoms with E-state index in [0.717, 1.165) is 21.9 Å². The quantitative estimate of drug-likeness (QED) is 0.385. The van der Waals surface area contributed by atoms with Gasteiger partial charge >= 0.3 is 6.61 Å². The number of pyridine rings is 1. The van der Waals surface area contributed by atoms with Crippen LogP contribution in [-0.2, 0) is 0 Å². The summed E-state index contributed by atoms with van der Waals surface area (Å²) in [6.45, 7) is -3.16. The number of nitrogens with zero attached hydrogens (tertiary/aromatic N) is 2. The number of aromatic amines is 1. The van der Waals surface area contributed by atoms with Crippen LogP contribution in [0.2, 0.25) is 0 Å². The second-order valence-electron chi connectivity index (χ2n) is 7.11. The molecule has 7 nitrogen and oxygen atoms in total. The molecular weight excluding hydrogens is 418 g/mol. The number of aliphatic hydroxyl groups is 1. The third kappa shape index (κ3) is 4.89. The Hall–Kier alpha value is -3.85. The number of carbonyl (C=O) groups excluding carboxylic acids is 1. The molecule has 1 atom stereocenters. The number of hydrogen-bond donors (Lipinski definition) is 3. The van der Waals surface area contributed by atoms with Gasteiger partial charge < -0.3 is 15.2 Å². The summed E-state index contributed by atoms with van der Waals surface area (Å²) in [6, 6.07) is 12.9. The molecule has 0 spiro atoms. The SMILES string of the molecule is O=C(NC(CCO)c1cccc(OC(F)F)c1)c1cc2cc(-c3cn[nH]c3)ccc2cn1. The number of amides is 1. The number of aromatic nitrogens is 3. The Kier molecular flexibility index (Phi) is 6.37. The van der Waals surface area contributed by atoms with Crippen molar-refractivity contribution in [3.63, 3.8) is 0 Å². The van der Waals surface area contributed by atoms with Crippen LogP contribution >= 0.6 is 0 Å². The molecule has 2 aromatic carbocycles. The van der Waals surface area contributed by atoms with Crippen LogP contribution in [0.1, 0.15) is 28.5 Å². The van der Waals surface area contributed by atoms with Gasteiger partial charge in [0.25, 0.3) is 5.91 Å². The zero-order valence-corrected chi connectivity index (χ0v) is 16.8. The summed E-state index contributed by atoms with van der Waals surface area (Å²) in [4.78, 5) is 17.1. The second kappa shape index (κ2) is 9.52. The number of hydrogen-bond acceptors (Lipinski definition) is 5. The van der Waals surface area contributed by atoms with Gasteiger partial charge in [-0.05, 0) is 47.2 Å². The first kappa shape index (κ1) is 21.4. The van der Waals surface area contributed by atoms with E-state index in [2.05, 4.69) is 25.2 Å². The maximum atomic E-state index is 12.9. The standard InChI is InChI=1S/C23H20F2N4O3/c24-23(25)32-19-3-1-2-15(9-19)20(6-7-30)29-22(31)21-10-17-8-14(18-12-27-28-13-18)4-5-16(17)11-26-21/h1-5,8-13,20,23,30H,6-7H2,(H,27,28)(H,29,31). The first-order valence-corrected chi connectivity index (χ1v) is 9.89. The molecule has 0 bridgehead atoms. The molecule has 0 radical (unpaired) electrons. The predicted molar refractivity (Wildman–Crippen MR) is 114 cm³/mol. The van der Waals surface area contributed by atoms with Crippen molar-refractivity contribution in [3.05, 3.63) is 78.4 Å². The fourth-order valence-corrected chi connectivity index (χ4v) is 3.44. The third-order valence-corrected chi connectivity index (χ3v) is 4.99. The van der Waals surface area contributed by atoms with Gasteiger partial charge in [0.2, 0.25) is 0 Å². The molecule has 0 aliphatic rings. The van der Waals surface area contributed by atoms with Gasteiger partial charge in [-0.3, -0.25) is 14.9 Å². The first-order valence-electron chi connectivity index (χ1n) is 9.89. The molecule has 32 heavy (non-hydrogen) atoms. The normalized spacial score (nSPS) is 12.1. The molecule has 0 saturated carbocycles. The van der Waals surface area contributed by atoms with E-state index in [4.69, 9.17) is 0 Å². The lowest BCUT2D eigenvalue weighted by Gasteiger charge is -2.19. The lowest BCUT2D eigenvalue weighted by atomic mass is 10.0. The molecule has 4 aromatic rings. The molecule has 0 saturated heterocycles. The number of H-pyrrole nitrogens is 1. The van der Waals surface area contributed by atoms with Crippen LogP contribution in [0.15, 0.2) is 67.1 Å². The van der Waals surface area contributed by atoms with Gasteiger partial charge in [-0.25, -0.2) is 0 Å². The van der Waals surface area contributed by atoms with Gasteiger partial charge in [-0.15, -0.1) is 0 Å². The number of carbonyl (C=O) groups is 1. The molecule has 1 unspecified atom stereocenters. The molecule has 0 aliphatic heterocycles. The minimum Gasteiger partial charge on any atom is -0.435 e. The van der Waals surface area contributed by atoms with Gasteiger partial charge in [-0.1, -0.05) is 24.3 Å². The average molecular weight is 438 g/mol. The van der Waals surface area contributed by atoms with Crippen molar-refractivity contribution in [2.24, 2.45) is 0 Å². The summed E-state index contributed by atoms with van der Waals surface area (Å²) < 4.78 is 29.5. The molecule has 4 rings (SSSR count). The Morgan fingerprint density at radius 1 is 1.09 bits per heavy atom. The number of alkyl halides is 2. The number of halogens is 2. The van der Waals surface area contributed by atoms with Crippen LogP contribution < -0.4 is 10.1 Å². The molecule has 9 heteroatoms. The third-order valence-electron chi connectivity index (χ3n) is 4.99. The fourth-order valence-electron chi connectivity index (χ4n) is 3.44. The molecule has 0 aliphatic carbocycles. The molecule has 1 amide bonds. The van der Waals surface area contributed by atoms with Gasteiger partial charge in [0, 0.05) is 30.0 Å². The lowest BCUT2D eigenvalue weighted by Crippen LogP contribution is -2.30. The van der Waals surface area contributed by atoms with Gasteiger partial charge in [0.1, 0.15) is 11.4 Å². The first-order chi connectivity index (χ1) is 15.5. The van der Waals surface area contributed by atoms with Crippen molar-refractivity contribution in [1.82, 2.24) is 20.5 Å². The summed E-state index contributed by atoms with van der Waals surface area (Å²) in [7, 11) is 0. The Labute approximate surface area is 182 Å². The number of benzene rings is 2. The largest absolute Gasteiger partial charge is 0.435 e. The Bertz CT molecular complexity index is 1220. The number of ether oxygens (including phenoxy) is 1. The highest BCUT2D eigenvalue weighted by molar-refractivity contribution is 5.97. The summed E-state index contributed by atoms with van der Waals surface area (Å²) in [5.41, 5.74) is 2.60. The van der Waals surface area contributed by atoms with Crippen molar-refractivity contribution < 1.29 is 23.4 Å². The minimum absolute atomic E-state index is 0.0229. The van der Waals surface area contributed by atoms with Crippen LogP contribution in [0, 0.1) is 0 Å². The lowest BCUT2D eigenvalue weighted by molar-refractivity contribution is -0.0499. The summed E-state index contributed by atoms with van der Waals surface area (Å²) >= 11 is 0. The zero-order chi connectivity index (χ0) is 22.5. The van der Waals surface area contributed by atoms with Crippen molar-refractivity contribution in [3.8, 4) is 16.9 Å². The Morgan fingerprint density at radius 2 is 1.97 bits per heavy atom. The number of nitrogens with one attached hydrogen (secondary N) is 2. The van der Waals surface area contributed by atoms with Gasteiger partial charge in [-0.2, -0.15) is 13.9 Å². The van der Waals surface area contributed by atoms with E-state index >= 15 is 0 Å². The van der Waals surface area contributed by atoms with E-state index in [0.29, 0.717) is 5.56 Å². The minimum atomic E-state index is -2.95. The second-order valence-corrected chi connectivity index (χ2v) is 7.11. The maximum Gasteiger partial charge on any atom is 0.387 e. The average Bonchev–Trinajstić information content (AvgIpc) is 3.33. The highest BCUT2D eigenvalue weighted by atomic mass is 19.3. The van der Waals surface area contributed by atoms with Crippen LogP contribution in [0.5, 0.6) is 5.75 Å². The van der Waals surface area contributed by atoms with Crippen molar-refractivity contribution in [1.29, 1.82) is 0 Å². The number of aliphatic hydroxyl groups excluding tert-OH is 1. The molecular formula is C23H20F2N4O3. The monoisotopic (exact) mass is 438 g/mol. The zero-order valence-electron chi connectivity index (χ0n) is 16.8. The van der Waals surface area contributed by atoms with Crippen LogP contribution in [0.3, 0.4) is 0 Å². The molecule has 2 aromatic heterocycles. The van der Waals surface area contributed by atoms with Crippen molar-refractivity contribution in [2.75, 3.05) is 6.61 Å². The van der Waals surface area contributed by atoms with Crippen LogP contribution in [-0.4, -0.2) is 39.4 Å². The predicted octanol–water partition coefficient (Wildman–Crippen LogP) is 4.08.